The second-order valence-corrected chi connectivity index (χ2v) is 13.0. The first-order valence-electron chi connectivity index (χ1n) is 16.2. The Morgan fingerprint density at radius 1 is 1.02 bits per heavy atom. The zero-order valence-electron chi connectivity index (χ0n) is 27.2. The number of aromatic nitrogens is 3. The fourth-order valence-corrected chi connectivity index (χ4v) is 6.91. The summed E-state index contributed by atoms with van der Waals surface area (Å²) in [6.07, 6.45) is 4.60. The Bertz CT molecular complexity index is 1520. The molecule has 0 spiro atoms. The van der Waals surface area contributed by atoms with Gasteiger partial charge in [-0.05, 0) is 67.7 Å². The second-order valence-electron chi connectivity index (χ2n) is 13.0. The van der Waals surface area contributed by atoms with Crippen LogP contribution in [0.2, 0.25) is 0 Å². The number of alkyl halides is 3. The maximum atomic E-state index is 15.5. The lowest BCUT2D eigenvalue weighted by Gasteiger charge is -2.46. The lowest BCUT2D eigenvalue weighted by molar-refractivity contribution is -0.186. The Hall–Kier alpha value is -3.73. The average molecular weight is 640 g/mol. The fourth-order valence-electron chi connectivity index (χ4n) is 6.91. The molecular formula is C35H44F3N5O3. The minimum atomic E-state index is -3.51. The fraction of sp³-hybridized carbons (Fsp3) is 0.543. The van der Waals surface area contributed by atoms with Crippen molar-refractivity contribution < 1.29 is 27.5 Å². The number of halogens is 3. The predicted octanol–water partition coefficient (Wildman–Crippen LogP) is 7.08. The number of benzene rings is 1. The molecule has 0 radical (unpaired) electrons. The van der Waals surface area contributed by atoms with Gasteiger partial charge in [-0.3, -0.25) is 9.59 Å². The molecule has 1 aliphatic carbocycles. The first-order chi connectivity index (χ1) is 21.9. The molecule has 2 amide bonds. The topological polar surface area (TPSA) is 98.1 Å². The Morgan fingerprint density at radius 3 is 2.30 bits per heavy atom. The number of fused-ring (bicyclic) bond motifs is 1. The van der Waals surface area contributed by atoms with Crippen molar-refractivity contribution in [1.29, 1.82) is 0 Å². The smallest absolute Gasteiger partial charge is 0.288 e. The average Bonchev–Trinajstić information content (AvgIpc) is 3.44. The van der Waals surface area contributed by atoms with Gasteiger partial charge in [0.15, 0.2) is 5.67 Å². The van der Waals surface area contributed by atoms with Gasteiger partial charge >= 0.3 is 0 Å². The number of amides is 2. The molecule has 8 nitrogen and oxygen atoms in total. The van der Waals surface area contributed by atoms with Gasteiger partial charge in [0.2, 0.25) is 0 Å². The molecule has 1 aromatic carbocycles. The van der Waals surface area contributed by atoms with E-state index in [0.717, 1.165) is 12.5 Å². The van der Waals surface area contributed by atoms with Crippen LogP contribution in [-0.4, -0.2) is 44.5 Å². The number of carbonyl (C=O) groups excluding carboxylic acids is 2. The van der Waals surface area contributed by atoms with E-state index in [0.29, 0.717) is 60.8 Å². The normalized spacial score (nSPS) is 23.8. The quantitative estimate of drug-likeness (QED) is 0.247. The van der Waals surface area contributed by atoms with Gasteiger partial charge in [0.05, 0.1) is 42.5 Å². The molecule has 3 unspecified atom stereocenters. The van der Waals surface area contributed by atoms with Crippen LogP contribution in [0.3, 0.4) is 0 Å². The van der Waals surface area contributed by atoms with Crippen LogP contribution in [0.4, 0.5) is 13.2 Å². The van der Waals surface area contributed by atoms with Crippen LogP contribution < -0.4 is 10.6 Å². The van der Waals surface area contributed by atoms with Crippen molar-refractivity contribution in [1.82, 2.24) is 25.2 Å². The minimum Gasteiger partial charge on any atom is -0.373 e. The number of nitrogens with zero attached hydrogens (tertiary/aromatic N) is 3. The van der Waals surface area contributed by atoms with Gasteiger partial charge < -0.3 is 19.9 Å². The summed E-state index contributed by atoms with van der Waals surface area (Å²) >= 11 is 0. The molecular weight excluding hydrogens is 595 g/mol. The van der Waals surface area contributed by atoms with Crippen LogP contribution in [0.1, 0.15) is 122 Å². The first-order valence-corrected chi connectivity index (χ1v) is 16.2. The van der Waals surface area contributed by atoms with Gasteiger partial charge in [0.1, 0.15) is 11.5 Å². The van der Waals surface area contributed by atoms with Crippen molar-refractivity contribution in [2.45, 2.75) is 103 Å². The van der Waals surface area contributed by atoms with E-state index in [-0.39, 0.29) is 36.7 Å². The molecule has 1 aliphatic heterocycles. The molecule has 3 aromatic rings. The monoisotopic (exact) mass is 639 g/mol. The summed E-state index contributed by atoms with van der Waals surface area (Å²) in [6.45, 7) is 9.68. The summed E-state index contributed by atoms with van der Waals surface area (Å²) in [5.74, 6) is -5.33. The highest BCUT2D eigenvalue weighted by Crippen LogP contribution is 2.56. The van der Waals surface area contributed by atoms with Crippen molar-refractivity contribution in [3.05, 3.63) is 82.7 Å². The van der Waals surface area contributed by atoms with Crippen molar-refractivity contribution in [2.75, 3.05) is 6.61 Å². The van der Waals surface area contributed by atoms with E-state index in [1.165, 1.54) is 0 Å². The Morgan fingerprint density at radius 2 is 1.67 bits per heavy atom. The molecule has 2 N–H and O–H groups in total. The molecule has 5 rings (SSSR count). The largest absolute Gasteiger partial charge is 0.373 e. The number of ether oxygens (including phenoxy) is 1. The molecule has 11 heteroatoms. The van der Waals surface area contributed by atoms with Crippen molar-refractivity contribution in [2.24, 2.45) is 11.8 Å². The molecule has 1 fully saturated rings. The van der Waals surface area contributed by atoms with Gasteiger partial charge in [0, 0.05) is 18.9 Å². The van der Waals surface area contributed by atoms with Crippen molar-refractivity contribution in [3.8, 4) is 0 Å². The number of hydrogen-bond donors (Lipinski definition) is 2. The molecule has 248 valence electrons. The molecule has 2 aliphatic rings. The lowest BCUT2D eigenvalue weighted by Crippen LogP contribution is -2.53. The molecule has 2 aromatic heterocycles. The summed E-state index contributed by atoms with van der Waals surface area (Å²) in [5.41, 5.74) is -0.118. The number of rotatable bonds is 10. The molecule has 0 bridgehead atoms. The van der Waals surface area contributed by atoms with E-state index < -0.39 is 29.6 Å². The van der Waals surface area contributed by atoms with E-state index >= 15 is 13.2 Å². The predicted molar refractivity (Wildman–Crippen MR) is 168 cm³/mol. The summed E-state index contributed by atoms with van der Waals surface area (Å²) in [4.78, 5) is 35.7. The molecule has 3 heterocycles. The first kappa shape index (κ1) is 33.6. The SMILES string of the molecule is CC[C@@H](NC(=O)c1cc(C(=O)N[C@H](CC)c2ncccn2)c2n1CCOC2)c1ccc(C2C(C(C)C)CCC(C)(F)C2(F)F)cc1. The zero-order chi connectivity index (χ0) is 33.2. The Labute approximate surface area is 268 Å². The summed E-state index contributed by atoms with van der Waals surface area (Å²) in [5, 5.41) is 6.07. The third-order valence-corrected chi connectivity index (χ3v) is 9.72. The van der Waals surface area contributed by atoms with Crippen molar-refractivity contribution in [3.63, 3.8) is 0 Å². The summed E-state index contributed by atoms with van der Waals surface area (Å²) in [6, 6.07) is 9.29. The highest BCUT2D eigenvalue weighted by Gasteiger charge is 2.62. The van der Waals surface area contributed by atoms with Crippen LogP contribution >= 0.6 is 0 Å². The summed E-state index contributed by atoms with van der Waals surface area (Å²) < 4.78 is 53.6. The Balaban J connectivity index is 1.36. The van der Waals surface area contributed by atoms with Crippen LogP contribution in [0, 0.1) is 11.8 Å². The van der Waals surface area contributed by atoms with Gasteiger partial charge in [-0.15, -0.1) is 0 Å². The standard InChI is InChI=1S/C35H44F3N5O3/c1-6-26(22-9-11-23(12-10-22)30-24(21(3)4)13-14-34(5,36)35(30,37)38)41-33(45)28-19-25(29-20-46-18-17-43(28)29)32(44)42-27(7-2)31-39-15-8-16-40-31/h8-12,15-16,19,21,24,26-27,30H,6-7,13-14,17-18,20H2,1-5H3,(H,41,45)(H,42,44)/t24?,26-,27-,30?,34?/m1/s1. The van der Waals surface area contributed by atoms with E-state index in [2.05, 4.69) is 20.6 Å². The van der Waals surface area contributed by atoms with Gasteiger partial charge in [-0.25, -0.2) is 23.1 Å². The number of nitrogens with one attached hydrogen (secondary N) is 2. The number of hydrogen-bond acceptors (Lipinski definition) is 5. The maximum Gasteiger partial charge on any atom is 0.288 e. The van der Waals surface area contributed by atoms with Crippen molar-refractivity contribution >= 4 is 11.8 Å². The van der Waals surface area contributed by atoms with Crippen LogP contribution in [-0.2, 0) is 17.9 Å². The summed E-state index contributed by atoms with van der Waals surface area (Å²) in [7, 11) is 0. The molecule has 5 atom stereocenters. The van der Waals surface area contributed by atoms with E-state index in [1.54, 1.807) is 48.8 Å². The van der Waals surface area contributed by atoms with Crippen LogP contribution in [0.25, 0.3) is 0 Å². The maximum absolute atomic E-state index is 15.5. The van der Waals surface area contributed by atoms with E-state index in [4.69, 9.17) is 4.74 Å². The van der Waals surface area contributed by atoms with Crippen LogP contribution in [0.5, 0.6) is 0 Å². The number of carbonyl (C=O) groups is 2. The van der Waals surface area contributed by atoms with Gasteiger partial charge in [0.25, 0.3) is 17.7 Å². The van der Waals surface area contributed by atoms with Crippen LogP contribution in [0.15, 0.2) is 48.8 Å². The van der Waals surface area contributed by atoms with E-state index in [9.17, 15) is 9.59 Å². The Kier molecular flexibility index (Phi) is 9.91. The second kappa shape index (κ2) is 13.6. The third kappa shape index (κ3) is 6.43. The van der Waals surface area contributed by atoms with Gasteiger partial charge in [-0.2, -0.15) is 0 Å². The minimum absolute atomic E-state index is 0.0285. The highest BCUT2D eigenvalue weighted by molar-refractivity contribution is 6.01. The van der Waals surface area contributed by atoms with E-state index in [1.807, 2.05) is 32.3 Å². The third-order valence-electron chi connectivity index (χ3n) is 9.72. The molecule has 1 saturated carbocycles. The zero-order valence-corrected chi connectivity index (χ0v) is 27.2. The molecule has 46 heavy (non-hydrogen) atoms. The lowest BCUT2D eigenvalue weighted by atomic mass is 9.64. The highest BCUT2D eigenvalue weighted by atomic mass is 19.3. The molecule has 0 saturated heterocycles. The van der Waals surface area contributed by atoms with Gasteiger partial charge in [-0.1, -0.05) is 52.0 Å².